The predicted molar refractivity (Wildman–Crippen MR) is 108 cm³/mol. The lowest BCUT2D eigenvalue weighted by molar-refractivity contribution is -0.147. The number of hydrogen-bond acceptors (Lipinski definition) is 6. The van der Waals surface area contributed by atoms with Crippen LogP contribution < -0.4 is 21.7 Å². The molecule has 0 radical (unpaired) electrons. The van der Waals surface area contributed by atoms with E-state index in [1.165, 1.54) is 6.92 Å². The Morgan fingerprint density at radius 3 is 1.37 bits per heavy atom. The Balaban J connectivity index is 5.45. The van der Waals surface area contributed by atoms with Crippen molar-refractivity contribution in [2.45, 2.75) is 78.0 Å². The minimum atomic E-state index is -1.63. The van der Waals surface area contributed by atoms with Crippen LogP contribution in [0.3, 0.4) is 0 Å². The van der Waals surface area contributed by atoms with Crippen molar-refractivity contribution < 1.29 is 34.2 Å². The molecular weight excluding hydrogens is 396 g/mol. The summed E-state index contributed by atoms with van der Waals surface area (Å²) >= 11 is 0. The summed E-state index contributed by atoms with van der Waals surface area (Å²) in [5.41, 5.74) is 5.54. The minimum absolute atomic E-state index is 0.0361. The van der Waals surface area contributed by atoms with Crippen LogP contribution in [0.4, 0.5) is 0 Å². The number of aliphatic carboxylic acids is 2. The van der Waals surface area contributed by atoms with Crippen LogP contribution in [-0.4, -0.2) is 64.0 Å². The maximum atomic E-state index is 12.8. The van der Waals surface area contributed by atoms with Crippen molar-refractivity contribution in [3.8, 4) is 0 Å². The molecule has 0 aliphatic heterocycles. The van der Waals surface area contributed by atoms with Crippen molar-refractivity contribution in [1.29, 1.82) is 0 Å². The number of carbonyl (C=O) groups is 5. The molecule has 4 atom stereocenters. The van der Waals surface area contributed by atoms with Crippen LogP contribution in [0.5, 0.6) is 0 Å². The fraction of sp³-hybridized carbons (Fsp3) is 0.737. The molecule has 0 aromatic carbocycles. The fourth-order valence-electron chi connectivity index (χ4n) is 2.63. The normalized spacial score (nSPS) is 15.1. The molecule has 0 aliphatic carbocycles. The van der Waals surface area contributed by atoms with E-state index in [1.807, 2.05) is 27.7 Å². The van der Waals surface area contributed by atoms with Crippen LogP contribution >= 0.6 is 0 Å². The molecule has 30 heavy (non-hydrogen) atoms. The van der Waals surface area contributed by atoms with Gasteiger partial charge >= 0.3 is 11.9 Å². The van der Waals surface area contributed by atoms with Crippen LogP contribution in [0.1, 0.15) is 53.9 Å². The standard InChI is InChI=1S/C19H34N4O7/c1-9(2)6-12(21-16(26)11(5)20)17(27)22-13(7-10(3)4)18(28)23-14(19(29)30)8-15(24)25/h9-14H,6-8,20H2,1-5H3,(H,21,26)(H,22,27)(H,23,28)(H,24,25)(H,29,30)/t11-,12-,13-,14-/m0/s1. The molecule has 7 N–H and O–H groups in total. The second kappa shape index (κ2) is 12.8. The van der Waals surface area contributed by atoms with Gasteiger partial charge < -0.3 is 31.9 Å². The highest BCUT2D eigenvalue weighted by atomic mass is 16.4. The number of nitrogens with one attached hydrogen (secondary N) is 3. The predicted octanol–water partition coefficient (Wildman–Crippen LogP) is -0.560. The van der Waals surface area contributed by atoms with E-state index < -0.39 is 60.2 Å². The van der Waals surface area contributed by atoms with Gasteiger partial charge in [0.25, 0.3) is 0 Å². The number of carboxylic acids is 2. The molecule has 0 aromatic rings. The van der Waals surface area contributed by atoms with Crippen molar-refractivity contribution in [3.63, 3.8) is 0 Å². The van der Waals surface area contributed by atoms with Gasteiger partial charge in [0.15, 0.2) is 0 Å². The molecule has 0 bridgehead atoms. The maximum absolute atomic E-state index is 12.8. The first-order valence-corrected chi connectivity index (χ1v) is 9.85. The number of hydrogen-bond donors (Lipinski definition) is 6. The second-order valence-electron chi connectivity index (χ2n) is 8.17. The number of amides is 3. The van der Waals surface area contributed by atoms with Crippen LogP contribution in [-0.2, 0) is 24.0 Å². The molecule has 0 aliphatic rings. The first kappa shape index (κ1) is 27.3. The van der Waals surface area contributed by atoms with Crippen molar-refractivity contribution in [1.82, 2.24) is 16.0 Å². The van der Waals surface area contributed by atoms with Crippen molar-refractivity contribution >= 4 is 29.7 Å². The van der Waals surface area contributed by atoms with Crippen LogP contribution in [0.25, 0.3) is 0 Å². The van der Waals surface area contributed by atoms with Gasteiger partial charge in [0, 0.05) is 0 Å². The Labute approximate surface area is 176 Å². The molecule has 0 saturated carbocycles. The molecule has 11 nitrogen and oxygen atoms in total. The zero-order valence-electron chi connectivity index (χ0n) is 18.1. The van der Waals surface area contributed by atoms with Crippen LogP contribution in [0, 0.1) is 11.8 Å². The van der Waals surface area contributed by atoms with Crippen molar-refractivity contribution in [2.24, 2.45) is 17.6 Å². The summed E-state index contributed by atoms with van der Waals surface area (Å²) in [4.78, 5) is 59.4. The lowest BCUT2D eigenvalue weighted by atomic mass is 9.99. The molecule has 0 aromatic heterocycles. The van der Waals surface area contributed by atoms with Gasteiger partial charge in [-0.05, 0) is 31.6 Å². The van der Waals surface area contributed by atoms with Gasteiger partial charge in [-0.2, -0.15) is 0 Å². The van der Waals surface area contributed by atoms with E-state index in [2.05, 4.69) is 16.0 Å². The molecule has 0 rings (SSSR count). The van der Waals surface area contributed by atoms with Gasteiger partial charge in [0.1, 0.15) is 18.1 Å². The molecule has 0 heterocycles. The lowest BCUT2D eigenvalue weighted by Gasteiger charge is -2.26. The second-order valence-corrected chi connectivity index (χ2v) is 8.17. The summed E-state index contributed by atoms with van der Waals surface area (Å²) in [6.45, 7) is 8.81. The smallest absolute Gasteiger partial charge is 0.326 e. The van der Waals surface area contributed by atoms with Gasteiger partial charge in [-0.15, -0.1) is 0 Å². The summed E-state index contributed by atoms with van der Waals surface area (Å²) in [5, 5.41) is 25.2. The number of carboxylic acid groups (broad SMARTS) is 2. The summed E-state index contributed by atoms with van der Waals surface area (Å²) in [6.07, 6.45) is -0.312. The third-order valence-corrected chi connectivity index (χ3v) is 4.09. The van der Waals surface area contributed by atoms with E-state index in [0.717, 1.165) is 0 Å². The molecule has 172 valence electrons. The summed E-state index contributed by atoms with van der Waals surface area (Å²) in [5.74, 6) is -4.81. The topological polar surface area (TPSA) is 188 Å². The quantitative estimate of drug-likeness (QED) is 0.224. The van der Waals surface area contributed by atoms with E-state index in [-0.39, 0.29) is 18.3 Å². The lowest BCUT2D eigenvalue weighted by Crippen LogP contribution is -2.57. The molecular formula is C19H34N4O7. The fourth-order valence-corrected chi connectivity index (χ4v) is 2.63. The van der Waals surface area contributed by atoms with Gasteiger partial charge in [-0.3, -0.25) is 19.2 Å². The highest BCUT2D eigenvalue weighted by molar-refractivity contribution is 5.94. The summed E-state index contributed by atoms with van der Waals surface area (Å²) in [7, 11) is 0. The van der Waals surface area contributed by atoms with Gasteiger partial charge in [-0.1, -0.05) is 27.7 Å². The van der Waals surface area contributed by atoms with E-state index in [0.29, 0.717) is 6.42 Å². The Bertz CT molecular complexity index is 634. The van der Waals surface area contributed by atoms with Gasteiger partial charge in [0.2, 0.25) is 17.7 Å². The molecule has 3 amide bonds. The van der Waals surface area contributed by atoms with Gasteiger partial charge in [-0.25, -0.2) is 4.79 Å². The zero-order chi connectivity index (χ0) is 23.6. The Morgan fingerprint density at radius 1 is 0.700 bits per heavy atom. The minimum Gasteiger partial charge on any atom is -0.481 e. The Morgan fingerprint density at radius 2 is 1.07 bits per heavy atom. The summed E-state index contributed by atoms with van der Waals surface area (Å²) < 4.78 is 0. The Kier molecular flexibility index (Phi) is 11.6. The third kappa shape index (κ3) is 10.7. The molecule has 0 saturated heterocycles. The van der Waals surface area contributed by atoms with E-state index in [9.17, 15) is 24.0 Å². The number of carbonyl (C=O) groups excluding carboxylic acids is 3. The first-order valence-electron chi connectivity index (χ1n) is 9.85. The highest BCUT2D eigenvalue weighted by Gasteiger charge is 2.31. The van der Waals surface area contributed by atoms with Crippen LogP contribution in [0.15, 0.2) is 0 Å². The average Bonchev–Trinajstić information content (AvgIpc) is 2.58. The molecule has 0 spiro atoms. The highest BCUT2D eigenvalue weighted by Crippen LogP contribution is 2.10. The first-order chi connectivity index (χ1) is 13.7. The molecule has 0 unspecified atom stereocenters. The largest absolute Gasteiger partial charge is 0.481 e. The third-order valence-electron chi connectivity index (χ3n) is 4.09. The summed E-state index contributed by atoms with van der Waals surface area (Å²) in [6, 6.07) is -4.49. The zero-order valence-corrected chi connectivity index (χ0v) is 18.1. The monoisotopic (exact) mass is 430 g/mol. The van der Waals surface area contributed by atoms with E-state index in [4.69, 9.17) is 15.9 Å². The molecule has 11 heteroatoms. The number of rotatable bonds is 13. The van der Waals surface area contributed by atoms with Gasteiger partial charge in [0.05, 0.1) is 12.5 Å². The van der Waals surface area contributed by atoms with E-state index >= 15 is 0 Å². The van der Waals surface area contributed by atoms with Crippen molar-refractivity contribution in [2.75, 3.05) is 0 Å². The molecule has 0 fully saturated rings. The average molecular weight is 431 g/mol. The Hall–Kier alpha value is -2.69. The maximum Gasteiger partial charge on any atom is 0.326 e. The SMILES string of the molecule is CC(C)C[C@H](NC(=O)[C@H](C)N)C(=O)N[C@@H](CC(C)C)C(=O)N[C@@H](CC(=O)O)C(=O)O. The van der Waals surface area contributed by atoms with Crippen LogP contribution in [0.2, 0.25) is 0 Å². The van der Waals surface area contributed by atoms with Crippen molar-refractivity contribution in [3.05, 3.63) is 0 Å². The number of nitrogens with two attached hydrogens (primary N) is 1. The van der Waals surface area contributed by atoms with E-state index in [1.54, 1.807) is 0 Å².